The van der Waals surface area contributed by atoms with Crippen molar-refractivity contribution in [1.82, 2.24) is 0 Å². The molecule has 0 atom stereocenters. The summed E-state index contributed by atoms with van der Waals surface area (Å²) in [5, 5.41) is 27.1. The van der Waals surface area contributed by atoms with Gasteiger partial charge in [-0.2, -0.15) is 0 Å². The highest BCUT2D eigenvalue weighted by molar-refractivity contribution is 4.76. The largest absolute Gasteiger partial charge is 0.502 e. The molecule has 0 radical (unpaired) electrons. The van der Waals surface area contributed by atoms with Crippen LogP contribution in [-0.2, 0) is 9.47 Å². The minimum atomic E-state index is -0.933. The fourth-order valence-electron chi connectivity index (χ4n) is 1.05. The first-order valence-electron chi connectivity index (χ1n) is 5.37. The first kappa shape index (κ1) is 15.4. The summed E-state index contributed by atoms with van der Waals surface area (Å²) < 4.78 is 10.2. The van der Waals surface area contributed by atoms with Gasteiger partial charge < -0.3 is 24.8 Å². The standard InChI is InChI=1S/C11H22O5/c1-2-15-5-3-4-6-16-10-11(7-12,8-13)9-14/h2,12-14H,1,3-10H2. The zero-order chi connectivity index (χ0) is 12.3. The van der Waals surface area contributed by atoms with Crippen molar-refractivity contribution in [1.29, 1.82) is 0 Å². The van der Waals surface area contributed by atoms with E-state index in [1.54, 1.807) is 0 Å². The highest BCUT2D eigenvalue weighted by atomic mass is 16.5. The van der Waals surface area contributed by atoms with E-state index in [0.29, 0.717) is 13.2 Å². The fourth-order valence-corrected chi connectivity index (χ4v) is 1.05. The van der Waals surface area contributed by atoms with E-state index in [1.165, 1.54) is 6.26 Å². The third-order valence-electron chi connectivity index (χ3n) is 2.33. The van der Waals surface area contributed by atoms with Crippen LogP contribution in [0, 0.1) is 5.41 Å². The number of hydrogen-bond acceptors (Lipinski definition) is 5. The molecule has 0 rings (SSSR count). The monoisotopic (exact) mass is 234 g/mol. The molecule has 0 amide bonds. The second kappa shape index (κ2) is 9.59. The maximum Gasteiger partial charge on any atom is 0.0873 e. The Kier molecular flexibility index (Phi) is 9.22. The average Bonchev–Trinajstić information content (AvgIpc) is 2.34. The molecule has 0 aromatic rings. The lowest BCUT2D eigenvalue weighted by Crippen LogP contribution is -2.38. The summed E-state index contributed by atoms with van der Waals surface area (Å²) in [5.74, 6) is 0. The van der Waals surface area contributed by atoms with Crippen LogP contribution in [-0.4, -0.2) is 55.0 Å². The molecular formula is C11H22O5. The van der Waals surface area contributed by atoms with Crippen molar-refractivity contribution in [2.45, 2.75) is 12.8 Å². The zero-order valence-corrected chi connectivity index (χ0v) is 9.60. The van der Waals surface area contributed by atoms with Crippen molar-refractivity contribution >= 4 is 0 Å². The lowest BCUT2D eigenvalue weighted by Gasteiger charge is -2.26. The van der Waals surface area contributed by atoms with Crippen LogP contribution in [0.4, 0.5) is 0 Å². The zero-order valence-electron chi connectivity index (χ0n) is 9.60. The highest BCUT2D eigenvalue weighted by Crippen LogP contribution is 2.15. The highest BCUT2D eigenvalue weighted by Gasteiger charge is 2.28. The van der Waals surface area contributed by atoms with Crippen LogP contribution in [0.2, 0.25) is 0 Å². The topological polar surface area (TPSA) is 79.2 Å². The predicted octanol–water partition coefficient (Wildman–Crippen LogP) is -0.0934. The molecular weight excluding hydrogens is 212 g/mol. The van der Waals surface area contributed by atoms with E-state index in [0.717, 1.165) is 12.8 Å². The van der Waals surface area contributed by atoms with Crippen LogP contribution in [0.15, 0.2) is 12.8 Å². The minimum absolute atomic E-state index is 0.152. The van der Waals surface area contributed by atoms with E-state index in [2.05, 4.69) is 6.58 Å². The molecule has 96 valence electrons. The maximum atomic E-state index is 9.02. The Morgan fingerprint density at radius 1 is 1.00 bits per heavy atom. The maximum absolute atomic E-state index is 9.02. The average molecular weight is 234 g/mol. The second-order valence-corrected chi connectivity index (χ2v) is 3.77. The lowest BCUT2D eigenvalue weighted by molar-refractivity contribution is -0.0584. The number of unbranched alkanes of at least 4 members (excludes halogenated alkanes) is 1. The molecule has 5 heteroatoms. The molecule has 0 aliphatic rings. The van der Waals surface area contributed by atoms with Gasteiger partial charge in [-0.3, -0.25) is 0 Å². The van der Waals surface area contributed by atoms with Crippen molar-refractivity contribution < 1.29 is 24.8 Å². The predicted molar refractivity (Wildman–Crippen MR) is 59.9 cm³/mol. The Labute approximate surface area is 96.3 Å². The molecule has 0 aliphatic heterocycles. The number of rotatable bonds is 11. The van der Waals surface area contributed by atoms with Gasteiger partial charge in [0, 0.05) is 6.61 Å². The van der Waals surface area contributed by atoms with Gasteiger partial charge in [0.15, 0.2) is 0 Å². The molecule has 0 saturated heterocycles. The SMILES string of the molecule is C=COCCCCOCC(CO)(CO)CO. The van der Waals surface area contributed by atoms with Gasteiger partial charge in [-0.1, -0.05) is 6.58 Å². The smallest absolute Gasteiger partial charge is 0.0873 e. The molecule has 0 bridgehead atoms. The summed E-state index contributed by atoms with van der Waals surface area (Å²) in [7, 11) is 0. The third-order valence-corrected chi connectivity index (χ3v) is 2.33. The Hall–Kier alpha value is -0.620. The number of ether oxygens (including phenoxy) is 2. The number of hydrogen-bond donors (Lipinski definition) is 3. The summed E-state index contributed by atoms with van der Waals surface area (Å²) in [6.45, 7) is 3.82. The number of aliphatic hydroxyl groups is 3. The summed E-state index contributed by atoms with van der Waals surface area (Å²) in [4.78, 5) is 0. The molecule has 0 aromatic heterocycles. The molecule has 0 aromatic carbocycles. The third kappa shape index (κ3) is 6.07. The minimum Gasteiger partial charge on any atom is -0.502 e. The van der Waals surface area contributed by atoms with Crippen molar-refractivity contribution in [3.8, 4) is 0 Å². The molecule has 16 heavy (non-hydrogen) atoms. The van der Waals surface area contributed by atoms with Gasteiger partial charge in [0.25, 0.3) is 0 Å². The first-order chi connectivity index (χ1) is 7.74. The van der Waals surface area contributed by atoms with Crippen LogP contribution in [0.3, 0.4) is 0 Å². The first-order valence-corrected chi connectivity index (χ1v) is 5.37. The number of aliphatic hydroxyl groups excluding tert-OH is 3. The van der Waals surface area contributed by atoms with E-state index in [-0.39, 0.29) is 26.4 Å². The van der Waals surface area contributed by atoms with E-state index in [4.69, 9.17) is 24.8 Å². The van der Waals surface area contributed by atoms with Gasteiger partial charge in [0.2, 0.25) is 0 Å². The van der Waals surface area contributed by atoms with E-state index >= 15 is 0 Å². The van der Waals surface area contributed by atoms with Crippen molar-refractivity contribution in [3.63, 3.8) is 0 Å². The van der Waals surface area contributed by atoms with Crippen molar-refractivity contribution in [2.24, 2.45) is 5.41 Å². The fraction of sp³-hybridized carbons (Fsp3) is 0.818. The van der Waals surface area contributed by atoms with Gasteiger partial charge >= 0.3 is 0 Å². The lowest BCUT2D eigenvalue weighted by atomic mass is 9.93. The van der Waals surface area contributed by atoms with Crippen LogP contribution in [0.25, 0.3) is 0 Å². The Bertz CT molecular complexity index is 159. The van der Waals surface area contributed by atoms with Crippen LogP contribution in [0.1, 0.15) is 12.8 Å². The van der Waals surface area contributed by atoms with Crippen molar-refractivity contribution in [2.75, 3.05) is 39.6 Å². The summed E-state index contributed by atoms with van der Waals surface area (Å²) in [6, 6.07) is 0. The van der Waals surface area contributed by atoms with E-state index in [9.17, 15) is 0 Å². The Balaban J connectivity index is 3.51. The quantitative estimate of drug-likeness (QED) is 0.344. The molecule has 0 unspecified atom stereocenters. The molecule has 0 aliphatic carbocycles. The normalized spacial score (nSPS) is 11.4. The molecule has 5 nitrogen and oxygen atoms in total. The molecule has 3 N–H and O–H groups in total. The van der Waals surface area contributed by atoms with Gasteiger partial charge in [-0.25, -0.2) is 0 Å². The Morgan fingerprint density at radius 3 is 2.06 bits per heavy atom. The van der Waals surface area contributed by atoms with Gasteiger partial charge in [-0.05, 0) is 12.8 Å². The molecule has 0 heterocycles. The molecule has 0 saturated carbocycles. The summed E-state index contributed by atoms with van der Waals surface area (Å²) in [5.41, 5.74) is -0.933. The van der Waals surface area contributed by atoms with E-state index in [1.807, 2.05) is 0 Å². The Morgan fingerprint density at radius 2 is 1.56 bits per heavy atom. The van der Waals surface area contributed by atoms with Gasteiger partial charge in [-0.15, -0.1) is 0 Å². The van der Waals surface area contributed by atoms with Crippen LogP contribution in [0.5, 0.6) is 0 Å². The van der Waals surface area contributed by atoms with E-state index < -0.39 is 5.41 Å². The second-order valence-electron chi connectivity index (χ2n) is 3.77. The van der Waals surface area contributed by atoms with Gasteiger partial charge in [0.05, 0.1) is 44.7 Å². The molecule has 0 spiro atoms. The van der Waals surface area contributed by atoms with Crippen LogP contribution < -0.4 is 0 Å². The van der Waals surface area contributed by atoms with Gasteiger partial charge in [0.1, 0.15) is 0 Å². The summed E-state index contributed by atoms with van der Waals surface area (Å²) in [6.07, 6.45) is 3.08. The summed E-state index contributed by atoms with van der Waals surface area (Å²) >= 11 is 0. The molecule has 0 fully saturated rings. The van der Waals surface area contributed by atoms with Crippen LogP contribution >= 0.6 is 0 Å². The van der Waals surface area contributed by atoms with Crippen molar-refractivity contribution in [3.05, 3.63) is 12.8 Å².